The molecule has 0 unspecified atom stereocenters. The summed E-state index contributed by atoms with van der Waals surface area (Å²) in [4.78, 5) is 2.15. The molecule has 3 aromatic rings. The number of piperazine rings is 1. The second-order valence-electron chi connectivity index (χ2n) is 6.88. The molecule has 4 rings (SSSR count). The first-order valence-electron chi connectivity index (χ1n) is 9.24. The predicted octanol–water partition coefficient (Wildman–Crippen LogP) is 4.12. The molecular weight excluding hydrogens is 414 g/mol. The van der Waals surface area contributed by atoms with Crippen molar-refractivity contribution in [2.45, 2.75) is 10.3 Å². The number of sulfonamides is 1. The minimum absolute atomic E-state index is 0.206. The highest BCUT2D eigenvalue weighted by Gasteiger charge is 2.32. The van der Waals surface area contributed by atoms with Crippen molar-refractivity contribution in [2.24, 2.45) is 0 Å². The number of hydrogen-bond acceptors (Lipinski definition) is 4. The van der Waals surface area contributed by atoms with Crippen LogP contribution in [0.15, 0.2) is 70.3 Å². The molecule has 0 spiro atoms. The Kier molecular flexibility index (Phi) is 5.78. The van der Waals surface area contributed by atoms with E-state index >= 15 is 0 Å². The SMILES string of the molecule is O=S(=O)(c1cccs1)N1CCN(C(c2ccc(F)cc2)c2ccc(F)cc2)CC1. The summed E-state index contributed by atoms with van der Waals surface area (Å²) in [6.07, 6.45) is 0. The number of nitrogens with zero attached hydrogens (tertiary/aromatic N) is 2. The molecule has 1 saturated heterocycles. The van der Waals surface area contributed by atoms with Crippen LogP contribution in [0.2, 0.25) is 0 Å². The lowest BCUT2D eigenvalue weighted by Gasteiger charge is -2.39. The summed E-state index contributed by atoms with van der Waals surface area (Å²) in [6, 6.07) is 15.6. The minimum Gasteiger partial charge on any atom is -0.290 e. The number of thiophene rings is 1. The van der Waals surface area contributed by atoms with Gasteiger partial charge in [0.15, 0.2) is 0 Å². The van der Waals surface area contributed by atoms with E-state index < -0.39 is 10.0 Å². The fourth-order valence-electron chi connectivity index (χ4n) is 3.64. The van der Waals surface area contributed by atoms with Crippen LogP contribution in [0.5, 0.6) is 0 Å². The lowest BCUT2D eigenvalue weighted by molar-refractivity contribution is 0.156. The van der Waals surface area contributed by atoms with E-state index in [-0.39, 0.29) is 17.7 Å². The quantitative estimate of drug-likeness (QED) is 0.607. The Balaban J connectivity index is 1.58. The van der Waals surface area contributed by atoms with E-state index in [1.807, 2.05) is 0 Å². The molecule has 0 aliphatic carbocycles. The molecule has 1 fully saturated rings. The van der Waals surface area contributed by atoms with Crippen molar-refractivity contribution < 1.29 is 17.2 Å². The van der Waals surface area contributed by atoms with E-state index in [9.17, 15) is 17.2 Å². The average molecular weight is 435 g/mol. The maximum Gasteiger partial charge on any atom is 0.252 e. The maximum atomic E-state index is 13.4. The number of halogens is 2. The third-order valence-corrected chi connectivity index (χ3v) is 8.37. The minimum atomic E-state index is -3.48. The largest absolute Gasteiger partial charge is 0.290 e. The molecule has 0 radical (unpaired) electrons. The van der Waals surface area contributed by atoms with Gasteiger partial charge in [0.25, 0.3) is 10.0 Å². The van der Waals surface area contributed by atoms with Crippen molar-refractivity contribution in [3.05, 3.63) is 88.8 Å². The van der Waals surface area contributed by atoms with E-state index in [1.54, 1.807) is 41.8 Å². The molecule has 0 N–H and O–H groups in total. The highest BCUT2D eigenvalue weighted by atomic mass is 32.2. The lowest BCUT2D eigenvalue weighted by atomic mass is 9.96. The molecule has 2 heterocycles. The smallest absolute Gasteiger partial charge is 0.252 e. The van der Waals surface area contributed by atoms with Crippen molar-refractivity contribution in [1.29, 1.82) is 0 Å². The van der Waals surface area contributed by atoms with Crippen LogP contribution < -0.4 is 0 Å². The van der Waals surface area contributed by atoms with Gasteiger partial charge in [-0.2, -0.15) is 4.31 Å². The summed E-state index contributed by atoms with van der Waals surface area (Å²) in [6.45, 7) is 1.76. The van der Waals surface area contributed by atoms with Gasteiger partial charge in [-0.05, 0) is 46.8 Å². The zero-order valence-electron chi connectivity index (χ0n) is 15.5. The van der Waals surface area contributed by atoms with Crippen LogP contribution in [0.1, 0.15) is 17.2 Å². The van der Waals surface area contributed by atoms with Gasteiger partial charge in [-0.15, -0.1) is 11.3 Å². The topological polar surface area (TPSA) is 40.6 Å². The van der Waals surface area contributed by atoms with Crippen LogP contribution in [0.3, 0.4) is 0 Å². The summed E-state index contributed by atoms with van der Waals surface area (Å²) in [7, 11) is -3.48. The first kappa shape index (κ1) is 20.2. The highest BCUT2D eigenvalue weighted by molar-refractivity contribution is 7.91. The van der Waals surface area contributed by atoms with E-state index in [0.717, 1.165) is 11.1 Å². The first-order chi connectivity index (χ1) is 13.9. The molecule has 152 valence electrons. The molecule has 4 nitrogen and oxygen atoms in total. The molecule has 2 aromatic carbocycles. The van der Waals surface area contributed by atoms with Crippen LogP contribution in [0.25, 0.3) is 0 Å². The van der Waals surface area contributed by atoms with Crippen molar-refractivity contribution >= 4 is 21.4 Å². The van der Waals surface area contributed by atoms with Gasteiger partial charge in [-0.3, -0.25) is 4.90 Å². The highest BCUT2D eigenvalue weighted by Crippen LogP contribution is 2.31. The Morgan fingerprint density at radius 3 is 1.76 bits per heavy atom. The molecule has 1 aliphatic heterocycles. The number of hydrogen-bond donors (Lipinski definition) is 0. The Hall–Kier alpha value is -2.13. The van der Waals surface area contributed by atoms with Gasteiger partial charge in [0, 0.05) is 26.2 Å². The summed E-state index contributed by atoms with van der Waals surface area (Å²) in [5.74, 6) is -0.642. The summed E-state index contributed by atoms with van der Waals surface area (Å²) in [5, 5.41) is 1.75. The van der Waals surface area contributed by atoms with Gasteiger partial charge < -0.3 is 0 Å². The van der Waals surface area contributed by atoms with E-state index in [0.29, 0.717) is 30.4 Å². The van der Waals surface area contributed by atoms with Gasteiger partial charge in [0.1, 0.15) is 15.8 Å². The summed E-state index contributed by atoms with van der Waals surface area (Å²) < 4.78 is 54.3. The van der Waals surface area contributed by atoms with Crippen LogP contribution in [0.4, 0.5) is 8.78 Å². The van der Waals surface area contributed by atoms with Crippen molar-refractivity contribution in [3.8, 4) is 0 Å². The second kappa shape index (κ2) is 8.31. The first-order valence-corrected chi connectivity index (χ1v) is 11.6. The zero-order chi connectivity index (χ0) is 20.4. The molecule has 1 aromatic heterocycles. The summed E-state index contributed by atoms with van der Waals surface area (Å²) in [5.41, 5.74) is 1.76. The van der Waals surface area contributed by atoms with E-state index in [1.165, 1.54) is 39.9 Å². The van der Waals surface area contributed by atoms with Gasteiger partial charge in [-0.25, -0.2) is 17.2 Å². The Labute approximate surface area is 173 Å². The number of benzene rings is 2. The Bertz CT molecular complexity index is 1000. The zero-order valence-corrected chi connectivity index (χ0v) is 17.2. The average Bonchev–Trinajstić information content (AvgIpc) is 3.27. The normalized spacial score (nSPS) is 16.4. The van der Waals surface area contributed by atoms with Gasteiger partial charge in [0.2, 0.25) is 0 Å². The standard InChI is InChI=1S/C21H20F2N2O2S2/c22-18-7-3-16(4-8-18)21(17-5-9-19(23)10-6-17)24-11-13-25(14-12-24)29(26,27)20-2-1-15-28-20/h1-10,15,21H,11-14H2. The molecule has 0 saturated carbocycles. The molecule has 1 aliphatic rings. The molecule has 0 amide bonds. The molecule has 0 atom stereocenters. The van der Waals surface area contributed by atoms with Crippen LogP contribution in [-0.4, -0.2) is 43.8 Å². The Morgan fingerprint density at radius 2 is 1.31 bits per heavy atom. The van der Waals surface area contributed by atoms with Crippen molar-refractivity contribution in [3.63, 3.8) is 0 Å². The monoisotopic (exact) mass is 434 g/mol. The van der Waals surface area contributed by atoms with E-state index in [4.69, 9.17) is 0 Å². The molecule has 0 bridgehead atoms. The van der Waals surface area contributed by atoms with Crippen LogP contribution in [0, 0.1) is 11.6 Å². The molecule has 29 heavy (non-hydrogen) atoms. The summed E-state index contributed by atoms with van der Waals surface area (Å²) >= 11 is 1.21. The van der Waals surface area contributed by atoms with Gasteiger partial charge in [0.05, 0.1) is 6.04 Å². The third-order valence-electron chi connectivity index (χ3n) is 5.10. The van der Waals surface area contributed by atoms with Crippen LogP contribution >= 0.6 is 11.3 Å². The Morgan fingerprint density at radius 1 is 0.793 bits per heavy atom. The van der Waals surface area contributed by atoms with Crippen LogP contribution in [-0.2, 0) is 10.0 Å². The van der Waals surface area contributed by atoms with Crippen molar-refractivity contribution in [1.82, 2.24) is 9.21 Å². The molecular formula is C21H20F2N2O2S2. The van der Waals surface area contributed by atoms with E-state index in [2.05, 4.69) is 4.90 Å². The molecule has 8 heteroatoms. The fraction of sp³-hybridized carbons (Fsp3) is 0.238. The van der Waals surface area contributed by atoms with Gasteiger partial charge in [-0.1, -0.05) is 30.3 Å². The van der Waals surface area contributed by atoms with Crippen molar-refractivity contribution in [2.75, 3.05) is 26.2 Å². The predicted molar refractivity (Wildman–Crippen MR) is 109 cm³/mol. The fourth-order valence-corrected chi connectivity index (χ4v) is 6.21. The maximum absolute atomic E-state index is 13.4. The third kappa shape index (κ3) is 4.25. The number of rotatable bonds is 5. The lowest BCUT2D eigenvalue weighted by Crippen LogP contribution is -2.49. The second-order valence-corrected chi connectivity index (χ2v) is 9.99. The van der Waals surface area contributed by atoms with Gasteiger partial charge >= 0.3 is 0 Å².